The first-order chi connectivity index (χ1) is 6.54. The van der Waals surface area contributed by atoms with E-state index >= 15 is 0 Å². The number of nitrogens with one attached hydrogen (secondary N) is 1. The van der Waals surface area contributed by atoms with Gasteiger partial charge in [-0.2, -0.15) is 5.10 Å². The maximum atomic E-state index is 10.2. The molecule has 1 fully saturated rings. The molecule has 1 aliphatic heterocycles. The van der Waals surface area contributed by atoms with Crippen molar-refractivity contribution in [3.8, 4) is 0 Å². The zero-order valence-electron chi connectivity index (χ0n) is 8.29. The molecule has 2 rings (SSSR count). The minimum absolute atomic E-state index is 0.210. The van der Waals surface area contributed by atoms with Gasteiger partial charge in [-0.3, -0.25) is 4.68 Å². The van der Waals surface area contributed by atoms with Crippen LogP contribution in [0.25, 0.3) is 0 Å². The van der Waals surface area contributed by atoms with Gasteiger partial charge in [-0.1, -0.05) is 11.6 Å². The van der Waals surface area contributed by atoms with E-state index < -0.39 is 5.60 Å². The van der Waals surface area contributed by atoms with Gasteiger partial charge in [-0.15, -0.1) is 0 Å². The highest BCUT2D eigenvalue weighted by molar-refractivity contribution is 6.31. The van der Waals surface area contributed by atoms with Crippen molar-refractivity contribution in [3.63, 3.8) is 0 Å². The summed E-state index contributed by atoms with van der Waals surface area (Å²) in [6.07, 6.45) is 1.59. The van der Waals surface area contributed by atoms with Crippen LogP contribution in [0, 0.1) is 0 Å². The smallest absolute Gasteiger partial charge is 0.132 e. The zero-order valence-corrected chi connectivity index (χ0v) is 9.04. The molecule has 0 saturated carbocycles. The van der Waals surface area contributed by atoms with Gasteiger partial charge in [0.25, 0.3) is 0 Å². The second-order valence-electron chi connectivity index (χ2n) is 4.01. The Labute approximate surface area is 87.9 Å². The topological polar surface area (TPSA) is 50.1 Å². The maximum absolute atomic E-state index is 10.2. The van der Waals surface area contributed by atoms with Gasteiger partial charge in [0.1, 0.15) is 5.60 Å². The van der Waals surface area contributed by atoms with Crippen molar-refractivity contribution in [2.45, 2.75) is 25.5 Å². The third-order valence-corrected chi connectivity index (χ3v) is 2.79. The van der Waals surface area contributed by atoms with E-state index in [4.69, 9.17) is 11.6 Å². The summed E-state index contributed by atoms with van der Waals surface area (Å²) in [7, 11) is 0. The van der Waals surface area contributed by atoms with Crippen LogP contribution in [0.4, 0.5) is 0 Å². The Hall–Kier alpha value is -0.580. The van der Waals surface area contributed by atoms with Gasteiger partial charge < -0.3 is 10.4 Å². The average Bonchev–Trinajstić information content (AvgIpc) is 2.43. The molecule has 0 bridgehead atoms. The summed E-state index contributed by atoms with van der Waals surface area (Å²) in [5.74, 6) is 0. The molecule has 1 aromatic rings. The van der Waals surface area contributed by atoms with E-state index in [1.54, 1.807) is 10.9 Å². The molecule has 0 atom stereocenters. The van der Waals surface area contributed by atoms with Crippen LogP contribution in [-0.4, -0.2) is 28.0 Å². The van der Waals surface area contributed by atoms with Gasteiger partial charge in [0, 0.05) is 19.1 Å². The molecule has 0 aromatic carbocycles. The Morgan fingerprint density at radius 1 is 1.64 bits per heavy atom. The standard InChI is InChI=1S/C9H14ClN3O/c1-6(2)13-8(7(10)3-12-13)9(14)4-11-5-9/h3,6,11,14H,4-5H2,1-2H3. The van der Waals surface area contributed by atoms with E-state index in [0.29, 0.717) is 18.1 Å². The van der Waals surface area contributed by atoms with Crippen molar-refractivity contribution in [2.75, 3.05) is 13.1 Å². The fourth-order valence-electron chi connectivity index (χ4n) is 1.70. The van der Waals surface area contributed by atoms with Gasteiger partial charge in [0.15, 0.2) is 0 Å². The van der Waals surface area contributed by atoms with Gasteiger partial charge in [-0.05, 0) is 13.8 Å². The lowest BCUT2D eigenvalue weighted by Gasteiger charge is -2.38. The molecule has 1 aliphatic rings. The van der Waals surface area contributed by atoms with E-state index in [1.165, 1.54) is 0 Å². The molecule has 5 heteroatoms. The summed E-state index contributed by atoms with van der Waals surface area (Å²) in [6, 6.07) is 0.210. The highest BCUT2D eigenvalue weighted by Crippen LogP contribution is 2.32. The van der Waals surface area contributed by atoms with E-state index in [-0.39, 0.29) is 6.04 Å². The number of rotatable bonds is 2. The Morgan fingerprint density at radius 2 is 2.29 bits per heavy atom. The van der Waals surface area contributed by atoms with E-state index in [9.17, 15) is 5.11 Å². The quantitative estimate of drug-likeness (QED) is 0.771. The molecular formula is C9H14ClN3O. The molecule has 1 aromatic heterocycles. The zero-order chi connectivity index (χ0) is 10.3. The van der Waals surface area contributed by atoms with Gasteiger partial charge in [-0.25, -0.2) is 0 Å². The molecule has 1 saturated heterocycles. The Kier molecular flexibility index (Phi) is 2.29. The SMILES string of the molecule is CC(C)n1ncc(Cl)c1C1(O)CNC1. The van der Waals surface area contributed by atoms with Crippen LogP contribution < -0.4 is 5.32 Å². The first-order valence-corrected chi connectivity index (χ1v) is 5.09. The second kappa shape index (κ2) is 3.22. The first kappa shape index (κ1) is 9.96. The van der Waals surface area contributed by atoms with Crippen LogP contribution >= 0.6 is 11.6 Å². The van der Waals surface area contributed by atoms with Gasteiger partial charge >= 0.3 is 0 Å². The number of halogens is 1. The van der Waals surface area contributed by atoms with Crippen molar-refractivity contribution < 1.29 is 5.11 Å². The summed E-state index contributed by atoms with van der Waals surface area (Å²) >= 11 is 6.02. The lowest BCUT2D eigenvalue weighted by Crippen LogP contribution is -2.57. The summed E-state index contributed by atoms with van der Waals surface area (Å²) in [6.45, 7) is 5.13. The largest absolute Gasteiger partial charge is 0.381 e. The van der Waals surface area contributed by atoms with Crippen molar-refractivity contribution in [2.24, 2.45) is 0 Å². The number of hydrogen-bond acceptors (Lipinski definition) is 3. The predicted molar refractivity (Wildman–Crippen MR) is 54.4 cm³/mol. The lowest BCUT2D eigenvalue weighted by atomic mass is 9.93. The van der Waals surface area contributed by atoms with Crippen molar-refractivity contribution >= 4 is 11.6 Å². The third kappa shape index (κ3) is 1.34. The molecule has 78 valence electrons. The molecule has 0 aliphatic carbocycles. The predicted octanol–water partition coefficient (Wildman–Crippen LogP) is 0.908. The molecule has 0 spiro atoms. The maximum Gasteiger partial charge on any atom is 0.132 e. The fourth-order valence-corrected chi connectivity index (χ4v) is 2.00. The summed E-state index contributed by atoms with van der Waals surface area (Å²) < 4.78 is 1.78. The Bertz CT molecular complexity index is 344. The minimum Gasteiger partial charge on any atom is -0.381 e. The lowest BCUT2D eigenvalue weighted by molar-refractivity contribution is -0.0232. The molecule has 4 nitrogen and oxygen atoms in total. The molecule has 2 heterocycles. The monoisotopic (exact) mass is 215 g/mol. The molecule has 0 unspecified atom stereocenters. The summed E-state index contributed by atoms with van der Waals surface area (Å²) in [4.78, 5) is 0. The Morgan fingerprint density at radius 3 is 2.71 bits per heavy atom. The molecule has 0 radical (unpaired) electrons. The van der Waals surface area contributed by atoms with Crippen LogP contribution in [0.3, 0.4) is 0 Å². The normalized spacial score (nSPS) is 19.8. The fraction of sp³-hybridized carbons (Fsp3) is 0.667. The van der Waals surface area contributed by atoms with Gasteiger partial charge in [0.2, 0.25) is 0 Å². The van der Waals surface area contributed by atoms with Crippen LogP contribution in [0.1, 0.15) is 25.6 Å². The van der Waals surface area contributed by atoms with Crippen LogP contribution in [0.5, 0.6) is 0 Å². The molecule has 14 heavy (non-hydrogen) atoms. The number of β-amino-alcohol motifs (C(OH)–C–C–N with tert-alkyl or cyclic N) is 1. The minimum atomic E-state index is -0.835. The number of hydrogen-bond donors (Lipinski definition) is 2. The van der Waals surface area contributed by atoms with E-state index in [2.05, 4.69) is 10.4 Å². The van der Waals surface area contributed by atoms with Crippen LogP contribution in [-0.2, 0) is 5.60 Å². The highest BCUT2D eigenvalue weighted by atomic mass is 35.5. The van der Waals surface area contributed by atoms with E-state index in [1.807, 2.05) is 13.8 Å². The van der Waals surface area contributed by atoms with Crippen LogP contribution in [0.15, 0.2) is 6.20 Å². The van der Waals surface area contributed by atoms with Crippen molar-refractivity contribution in [3.05, 3.63) is 16.9 Å². The Balaban J connectivity index is 2.44. The van der Waals surface area contributed by atoms with E-state index in [0.717, 1.165) is 5.69 Å². The third-order valence-electron chi connectivity index (χ3n) is 2.52. The molecular weight excluding hydrogens is 202 g/mol. The second-order valence-corrected chi connectivity index (χ2v) is 4.42. The average molecular weight is 216 g/mol. The van der Waals surface area contributed by atoms with Gasteiger partial charge in [0.05, 0.1) is 16.9 Å². The highest BCUT2D eigenvalue weighted by Gasteiger charge is 2.41. The number of aliphatic hydroxyl groups is 1. The number of aromatic nitrogens is 2. The first-order valence-electron chi connectivity index (χ1n) is 4.71. The van der Waals surface area contributed by atoms with Crippen molar-refractivity contribution in [1.82, 2.24) is 15.1 Å². The van der Waals surface area contributed by atoms with Crippen molar-refractivity contribution in [1.29, 1.82) is 0 Å². The summed E-state index contributed by atoms with van der Waals surface area (Å²) in [5.41, 5.74) is -0.106. The summed E-state index contributed by atoms with van der Waals surface area (Å²) in [5, 5.41) is 17.9. The van der Waals surface area contributed by atoms with Crippen LogP contribution in [0.2, 0.25) is 5.02 Å². The number of nitrogens with zero attached hydrogens (tertiary/aromatic N) is 2. The molecule has 2 N–H and O–H groups in total. The molecule has 0 amide bonds.